The maximum absolute atomic E-state index is 11.6. The van der Waals surface area contributed by atoms with E-state index in [2.05, 4.69) is 15.2 Å². The molecule has 1 amide bonds. The van der Waals surface area contributed by atoms with E-state index in [-0.39, 0.29) is 24.7 Å². The molecule has 17 heavy (non-hydrogen) atoms. The van der Waals surface area contributed by atoms with Crippen LogP contribution in [0.2, 0.25) is 0 Å². The van der Waals surface area contributed by atoms with Crippen LogP contribution < -0.4 is 5.32 Å². The van der Waals surface area contributed by atoms with Gasteiger partial charge >= 0.3 is 5.97 Å². The number of rotatable bonds is 5. The minimum Gasteiger partial charge on any atom is -0.462 e. The van der Waals surface area contributed by atoms with Crippen molar-refractivity contribution in [3.8, 4) is 0 Å². The molecule has 1 heterocycles. The van der Waals surface area contributed by atoms with E-state index in [1.54, 1.807) is 13.8 Å². The van der Waals surface area contributed by atoms with Crippen LogP contribution in [0.3, 0.4) is 0 Å². The first-order valence-corrected chi connectivity index (χ1v) is 5.02. The first-order valence-electron chi connectivity index (χ1n) is 5.02. The number of aryl methyl sites for hydroxylation is 1. The molecule has 1 aromatic heterocycles. The highest BCUT2D eigenvalue weighted by atomic mass is 16.5. The lowest BCUT2D eigenvalue weighted by molar-refractivity contribution is -0.119. The van der Waals surface area contributed by atoms with Crippen LogP contribution in [0, 0.1) is 6.92 Å². The molecule has 0 spiro atoms. The van der Waals surface area contributed by atoms with Gasteiger partial charge in [0, 0.05) is 7.11 Å². The fraction of sp³-hybridized carbons (Fsp3) is 0.500. The van der Waals surface area contributed by atoms with Crippen molar-refractivity contribution in [1.82, 2.24) is 5.16 Å². The van der Waals surface area contributed by atoms with Gasteiger partial charge in [0.05, 0.1) is 12.3 Å². The number of anilines is 1. The molecule has 0 aliphatic rings. The van der Waals surface area contributed by atoms with Crippen molar-refractivity contribution in [2.75, 3.05) is 25.6 Å². The van der Waals surface area contributed by atoms with Crippen molar-refractivity contribution in [2.45, 2.75) is 13.8 Å². The topological polar surface area (TPSA) is 90.7 Å². The Bertz CT molecular complexity index is 413. The van der Waals surface area contributed by atoms with E-state index < -0.39 is 11.9 Å². The van der Waals surface area contributed by atoms with Crippen molar-refractivity contribution in [3.05, 3.63) is 11.3 Å². The molecule has 0 fully saturated rings. The molecular formula is C10H14N2O5. The Morgan fingerprint density at radius 1 is 1.47 bits per heavy atom. The minimum absolute atomic E-state index is 0.0250. The van der Waals surface area contributed by atoms with Crippen molar-refractivity contribution in [2.24, 2.45) is 0 Å². The quantitative estimate of drug-likeness (QED) is 0.766. The monoisotopic (exact) mass is 242 g/mol. The molecule has 94 valence electrons. The average Bonchev–Trinajstić information content (AvgIpc) is 2.60. The van der Waals surface area contributed by atoms with Crippen LogP contribution in [0.25, 0.3) is 0 Å². The first kappa shape index (κ1) is 13.2. The summed E-state index contributed by atoms with van der Waals surface area (Å²) in [6.07, 6.45) is 0. The highest BCUT2D eigenvalue weighted by Crippen LogP contribution is 2.20. The number of esters is 1. The third kappa shape index (κ3) is 3.28. The number of aromatic nitrogens is 1. The molecule has 7 nitrogen and oxygen atoms in total. The summed E-state index contributed by atoms with van der Waals surface area (Å²) < 4.78 is 14.3. The van der Waals surface area contributed by atoms with E-state index in [1.165, 1.54) is 7.11 Å². The minimum atomic E-state index is -0.584. The SMILES string of the molecule is CCOC(=O)c1c(C)noc1NC(=O)COC. The zero-order valence-corrected chi connectivity index (χ0v) is 9.90. The van der Waals surface area contributed by atoms with Crippen LogP contribution in [-0.2, 0) is 14.3 Å². The van der Waals surface area contributed by atoms with E-state index in [9.17, 15) is 9.59 Å². The number of carbonyl (C=O) groups excluding carboxylic acids is 2. The van der Waals surface area contributed by atoms with Crippen LogP contribution in [-0.4, -0.2) is 37.4 Å². The first-order chi connectivity index (χ1) is 8.10. The largest absolute Gasteiger partial charge is 0.462 e. The number of hydrogen-bond acceptors (Lipinski definition) is 6. The third-order valence-corrected chi connectivity index (χ3v) is 1.87. The van der Waals surface area contributed by atoms with Gasteiger partial charge in [0.2, 0.25) is 5.88 Å². The molecule has 0 atom stereocenters. The molecule has 0 unspecified atom stereocenters. The smallest absolute Gasteiger partial charge is 0.345 e. The number of ether oxygens (including phenoxy) is 2. The summed E-state index contributed by atoms with van der Waals surface area (Å²) >= 11 is 0. The normalized spacial score (nSPS) is 10.1. The van der Waals surface area contributed by atoms with Gasteiger partial charge in [0.15, 0.2) is 0 Å². The summed E-state index contributed by atoms with van der Waals surface area (Å²) in [6.45, 7) is 3.36. The molecule has 0 bridgehead atoms. The van der Waals surface area contributed by atoms with Gasteiger partial charge in [-0.2, -0.15) is 0 Å². The number of carbonyl (C=O) groups is 2. The summed E-state index contributed by atoms with van der Waals surface area (Å²) in [5.74, 6) is -1.05. The lowest BCUT2D eigenvalue weighted by Gasteiger charge is -2.03. The molecule has 0 aliphatic carbocycles. The van der Waals surface area contributed by atoms with Gasteiger partial charge in [-0.05, 0) is 13.8 Å². The number of methoxy groups -OCH3 is 1. The molecule has 1 N–H and O–H groups in total. The van der Waals surface area contributed by atoms with Crippen LogP contribution in [0.15, 0.2) is 4.52 Å². The highest BCUT2D eigenvalue weighted by Gasteiger charge is 2.23. The Hall–Kier alpha value is -1.89. The Labute approximate surface area is 98.1 Å². The Morgan fingerprint density at radius 3 is 2.76 bits per heavy atom. The molecule has 0 saturated carbocycles. The van der Waals surface area contributed by atoms with Gasteiger partial charge < -0.3 is 14.0 Å². The van der Waals surface area contributed by atoms with E-state index in [4.69, 9.17) is 9.26 Å². The molecule has 1 rings (SSSR count). The number of nitrogens with one attached hydrogen (secondary N) is 1. The van der Waals surface area contributed by atoms with Crippen molar-refractivity contribution >= 4 is 17.8 Å². The standard InChI is InChI=1S/C10H14N2O5/c1-4-16-10(14)8-6(2)12-17-9(8)11-7(13)5-15-3/h4-5H2,1-3H3,(H,11,13). The summed E-state index contributed by atoms with van der Waals surface area (Å²) in [5.41, 5.74) is 0.479. The summed E-state index contributed by atoms with van der Waals surface area (Å²) in [7, 11) is 1.39. The summed E-state index contributed by atoms with van der Waals surface area (Å²) in [5, 5.41) is 5.98. The Balaban J connectivity index is 2.86. The zero-order chi connectivity index (χ0) is 12.8. The fourth-order valence-corrected chi connectivity index (χ4v) is 1.19. The van der Waals surface area contributed by atoms with Gasteiger partial charge in [-0.3, -0.25) is 10.1 Å². The second kappa shape index (κ2) is 6.00. The molecule has 0 aromatic carbocycles. The molecule has 0 radical (unpaired) electrons. The van der Waals surface area contributed by atoms with Crippen LogP contribution in [0.4, 0.5) is 5.88 Å². The van der Waals surface area contributed by atoms with E-state index in [1.807, 2.05) is 0 Å². The second-order valence-electron chi connectivity index (χ2n) is 3.17. The van der Waals surface area contributed by atoms with Gasteiger partial charge in [0.1, 0.15) is 12.2 Å². The summed E-state index contributed by atoms with van der Waals surface area (Å²) in [4.78, 5) is 22.9. The highest BCUT2D eigenvalue weighted by molar-refractivity contribution is 6.00. The van der Waals surface area contributed by atoms with E-state index in [0.717, 1.165) is 0 Å². The Kier molecular flexibility index (Phi) is 4.65. The van der Waals surface area contributed by atoms with E-state index >= 15 is 0 Å². The van der Waals surface area contributed by atoms with Gasteiger partial charge in [-0.25, -0.2) is 4.79 Å². The molecule has 0 saturated heterocycles. The lowest BCUT2D eigenvalue weighted by Crippen LogP contribution is -2.19. The van der Waals surface area contributed by atoms with Gasteiger partial charge in [-0.1, -0.05) is 5.16 Å². The second-order valence-corrected chi connectivity index (χ2v) is 3.17. The van der Waals surface area contributed by atoms with E-state index in [0.29, 0.717) is 5.69 Å². The van der Waals surface area contributed by atoms with Crippen LogP contribution in [0.5, 0.6) is 0 Å². The third-order valence-electron chi connectivity index (χ3n) is 1.87. The van der Waals surface area contributed by atoms with Crippen LogP contribution in [0.1, 0.15) is 23.0 Å². The molecule has 0 aliphatic heterocycles. The number of amides is 1. The van der Waals surface area contributed by atoms with Crippen LogP contribution >= 0.6 is 0 Å². The molecular weight excluding hydrogens is 228 g/mol. The zero-order valence-electron chi connectivity index (χ0n) is 9.90. The fourth-order valence-electron chi connectivity index (χ4n) is 1.19. The Morgan fingerprint density at radius 2 is 2.18 bits per heavy atom. The van der Waals surface area contributed by atoms with Gasteiger partial charge in [0.25, 0.3) is 5.91 Å². The predicted molar refractivity (Wildman–Crippen MR) is 57.7 cm³/mol. The number of hydrogen-bond donors (Lipinski definition) is 1. The average molecular weight is 242 g/mol. The van der Waals surface area contributed by atoms with Crippen molar-refractivity contribution < 1.29 is 23.6 Å². The maximum atomic E-state index is 11.6. The maximum Gasteiger partial charge on any atom is 0.345 e. The van der Waals surface area contributed by atoms with Crippen molar-refractivity contribution in [3.63, 3.8) is 0 Å². The molecule has 1 aromatic rings. The summed E-state index contributed by atoms with van der Waals surface area (Å²) in [6, 6.07) is 0. The predicted octanol–water partition coefficient (Wildman–Crippen LogP) is 0.745. The number of nitrogens with zero attached hydrogens (tertiary/aromatic N) is 1. The lowest BCUT2D eigenvalue weighted by atomic mass is 10.2. The molecule has 7 heteroatoms. The van der Waals surface area contributed by atoms with Gasteiger partial charge in [-0.15, -0.1) is 0 Å². The van der Waals surface area contributed by atoms with Crippen molar-refractivity contribution in [1.29, 1.82) is 0 Å².